The topological polar surface area (TPSA) is 54.4 Å². The third-order valence-corrected chi connectivity index (χ3v) is 3.22. The SMILES string of the molecule is CCC(C)(O)COc1ccc(C)nc1CNCC(C)C. The highest BCUT2D eigenvalue weighted by Gasteiger charge is 2.19. The Labute approximate surface area is 122 Å². The third kappa shape index (κ3) is 5.88. The van der Waals surface area contributed by atoms with Gasteiger partial charge in [-0.1, -0.05) is 20.8 Å². The second-order valence-electron chi connectivity index (χ2n) is 6.06. The van der Waals surface area contributed by atoms with Gasteiger partial charge in [-0.25, -0.2) is 0 Å². The van der Waals surface area contributed by atoms with Crippen LogP contribution in [0.4, 0.5) is 0 Å². The summed E-state index contributed by atoms with van der Waals surface area (Å²) in [6.07, 6.45) is 0.660. The van der Waals surface area contributed by atoms with E-state index in [-0.39, 0.29) is 6.61 Å². The van der Waals surface area contributed by atoms with Gasteiger partial charge in [-0.05, 0) is 44.9 Å². The minimum Gasteiger partial charge on any atom is -0.489 e. The smallest absolute Gasteiger partial charge is 0.142 e. The third-order valence-electron chi connectivity index (χ3n) is 3.22. The fourth-order valence-electron chi connectivity index (χ4n) is 1.67. The van der Waals surface area contributed by atoms with Crippen LogP contribution < -0.4 is 10.1 Å². The number of hydrogen-bond donors (Lipinski definition) is 2. The molecule has 0 spiro atoms. The molecule has 0 aliphatic heterocycles. The first-order chi connectivity index (χ1) is 9.34. The quantitative estimate of drug-likeness (QED) is 0.768. The van der Waals surface area contributed by atoms with Gasteiger partial charge in [-0.2, -0.15) is 0 Å². The van der Waals surface area contributed by atoms with Crippen molar-refractivity contribution in [3.8, 4) is 5.75 Å². The van der Waals surface area contributed by atoms with E-state index in [1.54, 1.807) is 6.92 Å². The Kier molecular flexibility index (Phi) is 6.43. The minimum atomic E-state index is -0.798. The molecule has 0 aliphatic rings. The molecular weight excluding hydrogens is 252 g/mol. The van der Waals surface area contributed by atoms with Crippen LogP contribution in [0.5, 0.6) is 5.75 Å². The van der Waals surface area contributed by atoms with Crippen LogP contribution in [0.3, 0.4) is 0 Å². The van der Waals surface area contributed by atoms with Crippen LogP contribution in [0.2, 0.25) is 0 Å². The van der Waals surface area contributed by atoms with Crippen LogP contribution in [-0.2, 0) is 6.54 Å². The lowest BCUT2D eigenvalue weighted by Gasteiger charge is -2.22. The fraction of sp³-hybridized carbons (Fsp3) is 0.688. The lowest BCUT2D eigenvalue weighted by Crippen LogP contribution is -2.31. The Morgan fingerprint density at radius 1 is 1.40 bits per heavy atom. The van der Waals surface area contributed by atoms with Crippen LogP contribution in [-0.4, -0.2) is 28.8 Å². The van der Waals surface area contributed by atoms with E-state index < -0.39 is 5.60 Å². The summed E-state index contributed by atoms with van der Waals surface area (Å²) in [4.78, 5) is 4.53. The molecule has 114 valence electrons. The zero-order chi connectivity index (χ0) is 15.2. The Hall–Kier alpha value is -1.13. The standard InChI is InChI=1S/C16H28N2O2/c1-6-16(5,19)11-20-15-8-7-13(4)18-14(15)10-17-9-12(2)3/h7-8,12,17,19H,6,9-11H2,1-5H3. The first-order valence-electron chi connectivity index (χ1n) is 7.36. The van der Waals surface area contributed by atoms with Crippen molar-refractivity contribution in [3.05, 3.63) is 23.5 Å². The summed E-state index contributed by atoms with van der Waals surface area (Å²) in [5.41, 5.74) is 1.08. The van der Waals surface area contributed by atoms with E-state index in [0.29, 0.717) is 18.9 Å². The number of aliphatic hydroxyl groups is 1. The molecule has 0 amide bonds. The van der Waals surface area contributed by atoms with Crippen molar-refractivity contribution in [2.45, 2.75) is 53.2 Å². The minimum absolute atomic E-state index is 0.283. The second kappa shape index (κ2) is 7.60. The summed E-state index contributed by atoms with van der Waals surface area (Å²) in [7, 11) is 0. The highest BCUT2D eigenvalue weighted by atomic mass is 16.5. The zero-order valence-corrected chi connectivity index (χ0v) is 13.4. The fourth-order valence-corrected chi connectivity index (χ4v) is 1.67. The van der Waals surface area contributed by atoms with Crippen molar-refractivity contribution >= 4 is 0 Å². The lowest BCUT2D eigenvalue weighted by molar-refractivity contribution is 0.00801. The molecule has 0 radical (unpaired) electrons. The summed E-state index contributed by atoms with van der Waals surface area (Å²) in [5, 5.41) is 13.4. The van der Waals surface area contributed by atoms with Crippen LogP contribution in [0.15, 0.2) is 12.1 Å². The van der Waals surface area contributed by atoms with Gasteiger partial charge in [-0.15, -0.1) is 0 Å². The van der Waals surface area contributed by atoms with Crippen LogP contribution >= 0.6 is 0 Å². The molecule has 0 aromatic carbocycles. The van der Waals surface area contributed by atoms with Crippen LogP contribution in [0.25, 0.3) is 0 Å². The average Bonchev–Trinajstić information content (AvgIpc) is 2.37. The van der Waals surface area contributed by atoms with Crippen LogP contribution in [0, 0.1) is 12.8 Å². The highest BCUT2D eigenvalue weighted by Crippen LogP contribution is 2.19. The number of hydrogen-bond acceptors (Lipinski definition) is 4. The maximum absolute atomic E-state index is 10.0. The summed E-state index contributed by atoms with van der Waals surface area (Å²) in [6.45, 7) is 12.0. The van der Waals surface area contributed by atoms with Gasteiger partial charge in [0.1, 0.15) is 12.4 Å². The Morgan fingerprint density at radius 2 is 2.10 bits per heavy atom. The summed E-state index contributed by atoms with van der Waals surface area (Å²) in [5.74, 6) is 1.35. The first kappa shape index (κ1) is 16.9. The molecule has 0 saturated heterocycles. The molecule has 0 bridgehead atoms. The molecule has 20 heavy (non-hydrogen) atoms. The molecule has 1 unspecified atom stereocenters. The van der Waals surface area contributed by atoms with E-state index in [0.717, 1.165) is 23.7 Å². The Bertz CT molecular complexity index is 417. The maximum atomic E-state index is 10.0. The van der Waals surface area contributed by atoms with Gasteiger partial charge in [0.15, 0.2) is 0 Å². The number of nitrogens with one attached hydrogen (secondary N) is 1. The van der Waals surface area contributed by atoms with Crippen molar-refractivity contribution in [1.29, 1.82) is 0 Å². The normalized spacial score (nSPS) is 14.3. The van der Waals surface area contributed by atoms with E-state index in [9.17, 15) is 5.11 Å². The Balaban J connectivity index is 2.69. The molecule has 1 heterocycles. The second-order valence-corrected chi connectivity index (χ2v) is 6.06. The summed E-state index contributed by atoms with van der Waals surface area (Å²) < 4.78 is 5.75. The molecule has 2 N–H and O–H groups in total. The molecule has 0 fully saturated rings. The zero-order valence-electron chi connectivity index (χ0n) is 13.4. The molecule has 1 rings (SSSR count). The van der Waals surface area contributed by atoms with Gasteiger partial charge in [0.05, 0.1) is 11.3 Å². The van der Waals surface area contributed by atoms with E-state index in [2.05, 4.69) is 24.1 Å². The van der Waals surface area contributed by atoms with Gasteiger partial charge in [0.2, 0.25) is 0 Å². The molecular formula is C16H28N2O2. The largest absolute Gasteiger partial charge is 0.489 e. The predicted octanol–water partition coefficient (Wildman–Crippen LogP) is 2.68. The van der Waals surface area contributed by atoms with Gasteiger partial charge >= 0.3 is 0 Å². The van der Waals surface area contributed by atoms with E-state index >= 15 is 0 Å². The average molecular weight is 280 g/mol. The van der Waals surface area contributed by atoms with Gasteiger partial charge < -0.3 is 15.2 Å². The van der Waals surface area contributed by atoms with E-state index in [1.165, 1.54) is 0 Å². The molecule has 1 aromatic rings. The lowest BCUT2D eigenvalue weighted by atomic mass is 10.1. The monoisotopic (exact) mass is 280 g/mol. The first-order valence-corrected chi connectivity index (χ1v) is 7.36. The number of aryl methyl sites for hydroxylation is 1. The molecule has 0 saturated carbocycles. The number of pyridine rings is 1. The van der Waals surface area contributed by atoms with Gasteiger partial charge in [0.25, 0.3) is 0 Å². The highest BCUT2D eigenvalue weighted by molar-refractivity contribution is 5.29. The van der Waals surface area contributed by atoms with Crippen molar-refractivity contribution in [2.24, 2.45) is 5.92 Å². The number of nitrogens with zero attached hydrogens (tertiary/aromatic N) is 1. The maximum Gasteiger partial charge on any atom is 0.142 e. The number of ether oxygens (including phenoxy) is 1. The van der Waals surface area contributed by atoms with Gasteiger partial charge in [0, 0.05) is 12.2 Å². The van der Waals surface area contributed by atoms with Crippen molar-refractivity contribution in [1.82, 2.24) is 10.3 Å². The van der Waals surface area contributed by atoms with Gasteiger partial charge in [-0.3, -0.25) is 4.98 Å². The Morgan fingerprint density at radius 3 is 2.70 bits per heavy atom. The van der Waals surface area contributed by atoms with E-state index in [1.807, 2.05) is 26.0 Å². The van der Waals surface area contributed by atoms with Crippen LogP contribution in [0.1, 0.15) is 45.5 Å². The van der Waals surface area contributed by atoms with Crippen molar-refractivity contribution < 1.29 is 9.84 Å². The predicted molar refractivity (Wildman–Crippen MR) is 81.9 cm³/mol. The molecule has 1 atom stereocenters. The molecule has 1 aromatic heterocycles. The van der Waals surface area contributed by atoms with E-state index in [4.69, 9.17) is 4.74 Å². The number of aromatic nitrogens is 1. The summed E-state index contributed by atoms with van der Waals surface area (Å²) >= 11 is 0. The summed E-state index contributed by atoms with van der Waals surface area (Å²) in [6, 6.07) is 3.86. The van der Waals surface area contributed by atoms with Crippen molar-refractivity contribution in [3.63, 3.8) is 0 Å². The molecule has 0 aliphatic carbocycles. The molecule has 4 nitrogen and oxygen atoms in total. The number of rotatable bonds is 8. The van der Waals surface area contributed by atoms with Crippen molar-refractivity contribution in [2.75, 3.05) is 13.2 Å². The molecule has 4 heteroatoms.